The van der Waals surface area contributed by atoms with Crippen molar-refractivity contribution in [1.29, 1.82) is 0 Å². The van der Waals surface area contributed by atoms with Gasteiger partial charge in [-0.2, -0.15) is 5.10 Å². The minimum atomic E-state index is -0.782. The predicted octanol–water partition coefficient (Wildman–Crippen LogP) is 1.07. The van der Waals surface area contributed by atoms with Gasteiger partial charge in [0, 0.05) is 25.2 Å². The maximum absolute atomic E-state index is 13.2. The Morgan fingerprint density at radius 3 is 2.65 bits per heavy atom. The minimum Gasteiger partial charge on any atom is -0.396 e. The number of amides is 1. The van der Waals surface area contributed by atoms with Gasteiger partial charge in [0.1, 0.15) is 5.82 Å². The van der Waals surface area contributed by atoms with Gasteiger partial charge >= 0.3 is 0 Å². The fraction of sp³-hybridized carbons (Fsp3) is 0.375. The van der Waals surface area contributed by atoms with E-state index >= 15 is 0 Å². The Balaban J connectivity index is 2.15. The molecule has 0 saturated carbocycles. The predicted molar refractivity (Wildman–Crippen MR) is 82.8 cm³/mol. The molecule has 0 aliphatic rings. The summed E-state index contributed by atoms with van der Waals surface area (Å²) in [6, 6.07) is 7.44. The number of benzene rings is 1. The van der Waals surface area contributed by atoms with Crippen molar-refractivity contribution < 1.29 is 19.4 Å². The van der Waals surface area contributed by atoms with Gasteiger partial charge < -0.3 is 15.1 Å². The molecular formula is C16H20FN3O3. The van der Waals surface area contributed by atoms with Gasteiger partial charge in [0.25, 0.3) is 5.91 Å². The summed E-state index contributed by atoms with van der Waals surface area (Å²) < 4.78 is 14.7. The van der Waals surface area contributed by atoms with Crippen LogP contribution in [0, 0.1) is 11.2 Å². The molecule has 2 aromatic rings. The molecule has 124 valence electrons. The summed E-state index contributed by atoms with van der Waals surface area (Å²) >= 11 is 0. The first-order valence-corrected chi connectivity index (χ1v) is 7.17. The molecule has 0 fully saturated rings. The van der Waals surface area contributed by atoms with E-state index < -0.39 is 5.41 Å². The number of hydrogen-bond acceptors (Lipinski definition) is 4. The van der Waals surface area contributed by atoms with Gasteiger partial charge in [-0.1, -0.05) is 13.0 Å². The highest BCUT2D eigenvalue weighted by molar-refractivity contribution is 5.92. The summed E-state index contributed by atoms with van der Waals surface area (Å²) in [5, 5.41) is 22.8. The number of aromatic nitrogens is 2. The first-order chi connectivity index (χ1) is 10.9. The van der Waals surface area contributed by atoms with Gasteiger partial charge in [-0.05, 0) is 24.3 Å². The first kappa shape index (κ1) is 17.1. The van der Waals surface area contributed by atoms with Crippen molar-refractivity contribution in [2.75, 3.05) is 26.8 Å². The van der Waals surface area contributed by atoms with Gasteiger partial charge in [-0.25, -0.2) is 9.07 Å². The number of rotatable bonds is 6. The lowest BCUT2D eigenvalue weighted by Crippen LogP contribution is -2.41. The lowest BCUT2D eigenvalue weighted by atomic mass is 9.92. The third-order valence-electron chi connectivity index (χ3n) is 3.61. The van der Waals surface area contributed by atoms with Gasteiger partial charge in [-0.3, -0.25) is 4.79 Å². The van der Waals surface area contributed by atoms with Gasteiger partial charge in [0.05, 0.1) is 18.9 Å². The first-order valence-electron chi connectivity index (χ1n) is 7.17. The second-order valence-corrected chi connectivity index (χ2v) is 5.91. The van der Waals surface area contributed by atoms with Crippen LogP contribution in [0.3, 0.4) is 0 Å². The van der Waals surface area contributed by atoms with E-state index in [1.807, 2.05) is 0 Å². The molecular weight excluding hydrogens is 301 g/mol. The maximum Gasteiger partial charge on any atom is 0.274 e. The zero-order chi connectivity index (χ0) is 17.0. The fourth-order valence-corrected chi connectivity index (χ4v) is 2.19. The molecule has 0 unspecified atom stereocenters. The lowest BCUT2D eigenvalue weighted by Gasteiger charge is -2.29. The molecule has 0 saturated heterocycles. The van der Waals surface area contributed by atoms with Crippen molar-refractivity contribution >= 4 is 5.91 Å². The van der Waals surface area contributed by atoms with E-state index in [0.29, 0.717) is 5.69 Å². The minimum absolute atomic E-state index is 0.186. The molecule has 7 heteroatoms. The number of aliphatic hydroxyl groups excluding tert-OH is 2. The number of halogens is 1. The lowest BCUT2D eigenvalue weighted by molar-refractivity contribution is 0.0363. The highest BCUT2D eigenvalue weighted by Gasteiger charge is 2.27. The second kappa shape index (κ2) is 6.89. The van der Waals surface area contributed by atoms with E-state index in [1.165, 1.54) is 21.7 Å². The van der Waals surface area contributed by atoms with Crippen LogP contribution < -0.4 is 0 Å². The summed E-state index contributed by atoms with van der Waals surface area (Å²) in [6.07, 6.45) is 1.58. The molecule has 6 nitrogen and oxygen atoms in total. The second-order valence-electron chi connectivity index (χ2n) is 5.91. The highest BCUT2D eigenvalue weighted by atomic mass is 19.1. The van der Waals surface area contributed by atoms with Crippen molar-refractivity contribution in [3.8, 4) is 5.69 Å². The Morgan fingerprint density at radius 2 is 2.04 bits per heavy atom. The SMILES string of the molecule is CN(CC(C)(CO)CO)C(=O)c1ccn(-c2cccc(F)c2)n1. The summed E-state index contributed by atoms with van der Waals surface area (Å²) in [5.74, 6) is -0.724. The van der Waals surface area contributed by atoms with Crippen molar-refractivity contribution in [3.05, 3.63) is 48.0 Å². The Bertz CT molecular complexity index is 683. The Labute approximate surface area is 133 Å². The van der Waals surface area contributed by atoms with Crippen molar-refractivity contribution in [2.24, 2.45) is 5.41 Å². The van der Waals surface area contributed by atoms with Crippen molar-refractivity contribution in [1.82, 2.24) is 14.7 Å². The number of aliphatic hydroxyl groups is 2. The molecule has 1 amide bonds. The molecule has 0 bridgehead atoms. The van der Waals surface area contributed by atoms with Crippen LogP contribution in [0.4, 0.5) is 4.39 Å². The molecule has 1 heterocycles. The molecule has 0 atom stereocenters. The topological polar surface area (TPSA) is 78.6 Å². The van der Waals surface area contributed by atoms with Crippen LogP contribution in [0.1, 0.15) is 17.4 Å². The molecule has 2 N–H and O–H groups in total. The van der Waals surface area contributed by atoms with E-state index in [9.17, 15) is 19.4 Å². The quantitative estimate of drug-likeness (QED) is 0.834. The van der Waals surface area contributed by atoms with Crippen LogP contribution in [0.5, 0.6) is 0 Å². The smallest absolute Gasteiger partial charge is 0.274 e. The summed E-state index contributed by atoms with van der Waals surface area (Å²) in [7, 11) is 1.58. The zero-order valence-electron chi connectivity index (χ0n) is 13.1. The molecule has 0 radical (unpaired) electrons. The largest absolute Gasteiger partial charge is 0.396 e. The van der Waals surface area contributed by atoms with E-state index in [1.54, 1.807) is 38.4 Å². The van der Waals surface area contributed by atoms with Crippen LogP contribution >= 0.6 is 0 Å². The van der Waals surface area contributed by atoms with Gasteiger partial charge in [0.15, 0.2) is 5.69 Å². The van der Waals surface area contributed by atoms with Crippen LogP contribution in [0.25, 0.3) is 5.69 Å². The Morgan fingerprint density at radius 1 is 1.35 bits per heavy atom. The standard InChI is InChI=1S/C16H20FN3O3/c1-16(10-21,11-22)9-19(2)15(23)14-6-7-20(18-14)13-5-3-4-12(17)8-13/h3-8,21-22H,9-11H2,1-2H3. The summed E-state index contributed by atoms with van der Waals surface area (Å²) in [5.41, 5.74) is -0.0625. The molecule has 2 rings (SSSR count). The Hall–Kier alpha value is -2.25. The van der Waals surface area contributed by atoms with Crippen LogP contribution in [0.15, 0.2) is 36.5 Å². The van der Waals surface area contributed by atoms with Crippen LogP contribution in [-0.4, -0.2) is 57.6 Å². The monoisotopic (exact) mass is 321 g/mol. The van der Waals surface area contributed by atoms with Gasteiger partial charge in [-0.15, -0.1) is 0 Å². The number of carbonyl (C=O) groups is 1. The number of carbonyl (C=O) groups excluding carboxylic acids is 1. The molecule has 1 aromatic carbocycles. The van der Waals surface area contributed by atoms with E-state index in [2.05, 4.69) is 5.10 Å². The molecule has 0 aliphatic heterocycles. The van der Waals surface area contributed by atoms with Crippen LogP contribution in [0.2, 0.25) is 0 Å². The summed E-state index contributed by atoms with van der Waals surface area (Å²) in [4.78, 5) is 13.8. The molecule has 23 heavy (non-hydrogen) atoms. The normalized spacial score (nSPS) is 11.5. The van der Waals surface area contributed by atoms with Crippen molar-refractivity contribution in [3.63, 3.8) is 0 Å². The third-order valence-corrected chi connectivity index (χ3v) is 3.61. The van der Waals surface area contributed by atoms with E-state index in [-0.39, 0.29) is 37.2 Å². The average Bonchev–Trinajstić information content (AvgIpc) is 3.04. The Kier molecular flexibility index (Phi) is 5.12. The fourth-order valence-electron chi connectivity index (χ4n) is 2.19. The van der Waals surface area contributed by atoms with Crippen LogP contribution in [-0.2, 0) is 0 Å². The maximum atomic E-state index is 13.2. The molecule has 0 spiro atoms. The van der Waals surface area contributed by atoms with E-state index in [0.717, 1.165) is 0 Å². The van der Waals surface area contributed by atoms with E-state index in [4.69, 9.17) is 0 Å². The van der Waals surface area contributed by atoms with Crippen molar-refractivity contribution in [2.45, 2.75) is 6.92 Å². The molecule has 0 aliphatic carbocycles. The third kappa shape index (κ3) is 3.94. The summed E-state index contributed by atoms with van der Waals surface area (Å²) in [6.45, 7) is 1.39. The average molecular weight is 321 g/mol. The molecule has 1 aromatic heterocycles. The highest BCUT2D eigenvalue weighted by Crippen LogP contribution is 2.17. The number of nitrogens with zero attached hydrogens (tertiary/aromatic N) is 3. The number of hydrogen-bond donors (Lipinski definition) is 2. The van der Waals surface area contributed by atoms with Gasteiger partial charge in [0.2, 0.25) is 0 Å². The zero-order valence-corrected chi connectivity index (χ0v) is 13.1.